The molecule has 5 heteroatoms. The van der Waals surface area contributed by atoms with E-state index in [1.54, 1.807) is 19.2 Å². The van der Waals surface area contributed by atoms with E-state index in [0.717, 1.165) is 31.6 Å². The summed E-state index contributed by atoms with van der Waals surface area (Å²) in [4.78, 5) is 13.9. The monoisotopic (exact) mass is 264 g/mol. The highest BCUT2D eigenvalue weighted by molar-refractivity contribution is 5.95. The third-order valence-electron chi connectivity index (χ3n) is 3.49. The molecule has 1 aliphatic rings. The van der Waals surface area contributed by atoms with Crippen LogP contribution in [0.1, 0.15) is 22.3 Å². The highest BCUT2D eigenvalue weighted by Crippen LogP contribution is 2.19. The van der Waals surface area contributed by atoms with Crippen molar-refractivity contribution >= 4 is 11.7 Å². The maximum absolute atomic E-state index is 11.6. The molecular weight excluding hydrogens is 244 g/mol. The number of carbonyl (C=O) groups is 1. The standard InChI is InChI=1S/C14H20N2O3/c1-18-11-5-6-16(9-11)8-10-3-4-13(15)12(7-10)14(17)19-2/h3-4,7,11H,5-6,8-9,15H2,1-2H3/t11-/m0/s1. The van der Waals surface area contributed by atoms with Crippen molar-refractivity contribution in [1.29, 1.82) is 0 Å². The van der Waals surface area contributed by atoms with E-state index in [1.165, 1.54) is 7.11 Å². The van der Waals surface area contributed by atoms with Crippen LogP contribution in [-0.2, 0) is 16.0 Å². The average molecular weight is 264 g/mol. The van der Waals surface area contributed by atoms with Crippen LogP contribution >= 0.6 is 0 Å². The van der Waals surface area contributed by atoms with Gasteiger partial charge in [0.05, 0.1) is 18.8 Å². The number of benzene rings is 1. The van der Waals surface area contributed by atoms with Crippen molar-refractivity contribution in [2.24, 2.45) is 0 Å². The van der Waals surface area contributed by atoms with E-state index in [0.29, 0.717) is 17.4 Å². The molecule has 1 aromatic carbocycles. The van der Waals surface area contributed by atoms with Gasteiger partial charge in [0.25, 0.3) is 0 Å². The van der Waals surface area contributed by atoms with Crippen LogP contribution in [0.5, 0.6) is 0 Å². The van der Waals surface area contributed by atoms with E-state index in [1.807, 2.05) is 6.07 Å². The third kappa shape index (κ3) is 3.24. The molecule has 1 fully saturated rings. The average Bonchev–Trinajstić information content (AvgIpc) is 2.87. The fourth-order valence-electron chi connectivity index (χ4n) is 2.38. The minimum absolute atomic E-state index is 0.314. The summed E-state index contributed by atoms with van der Waals surface area (Å²) in [6.45, 7) is 2.73. The van der Waals surface area contributed by atoms with Gasteiger partial charge in [0.2, 0.25) is 0 Å². The van der Waals surface area contributed by atoms with Crippen LogP contribution in [0.2, 0.25) is 0 Å². The van der Waals surface area contributed by atoms with Crippen LogP contribution in [0.25, 0.3) is 0 Å². The lowest BCUT2D eigenvalue weighted by Gasteiger charge is -2.16. The van der Waals surface area contributed by atoms with Crippen LogP contribution in [-0.4, -0.2) is 44.3 Å². The number of ether oxygens (including phenoxy) is 2. The van der Waals surface area contributed by atoms with Gasteiger partial charge in [-0.2, -0.15) is 0 Å². The molecular formula is C14H20N2O3. The van der Waals surface area contributed by atoms with Gasteiger partial charge in [-0.15, -0.1) is 0 Å². The first-order chi connectivity index (χ1) is 9.13. The number of anilines is 1. The lowest BCUT2D eigenvalue weighted by molar-refractivity contribution is 0.0601. The Morgan fingerprint density at radius 1 is 1.47 bits per heavy atom. The number of hydrogen-bond acceptors (Lipinski definition) is 5. The summed E-state index contributed by atoms with van der Waals surface area (Å²) in [6.07, 6.45) is 1.36. The number of nitrogens with zero attached hydrogens (tertiary/aromatic N) is 1. The summed E-state index contributed by atoms with van der Waals surface area (Å²) in [5.41, 5.74) is 7.73. The highest BCUT2D eigenvalue weighted by Gasteiger charge is 2.22. The predicted molar refractivity (Wildman–Crippen MR) is 72.9 cm³/mol. The van der Waals surface area contributed by atoms with Crippen molar-refractivity contribution in [1.82, 2.24) is 4.90 Å². The van der Waals surface area contributed by atoms with Crippen molar-refractivity contribution in [3.05, 3.63) is 29.3 Å². The molecule has 2 N–H and O–H groups in total. The molecule has 1 aliphatic heterocycles. The molecule has 0 amide bonds. The van der Waals surface area contributed by atoms with Gasteiger partial charge in [-0.25, -0.2) is 4.79 Å². The maximum atomic E-state index is 11.6. The fourth-order valence-corrected chi connectivity index (χ4v) is 2.38. The summed E-state index contributed by atoms with van der Waals surface area (Å²) in [5, 5.41) is 0. The first kappa shape index (κ1) is 13.8. The van der Waals surface area contributed by atoms with Crippen molar-refractivity contribution in [3.63, 3.8) is 0 Å². The zero-order valence-corrected chi connectivity index (χ0v) is 11.4. The summed E-state index contributed by atoms with van der Waals surface area (Å²) < 4.78 is 10.1. The largest absolute Gasteiger partial charge is 0.465 e. The molecule has 1 saturated heterocycles. The number of carbonyl (C=O) groups excluding carboxylic acids is 1. The van der Waals surface area contributed by atoms with E-state index in [4.69, 9.17) is 15.2 Å². The van der Waals surface area contributed by atoms with Crippen molar-refractivity contribution in [2.75, 3.05) is 33.0 Å². The summed E-state index contributed by atoms with van der Waals surface area (Å²) >= 11 is 0. The number of nitrogens with two attached hydrogens (primary N) is 1. The maximum Gasteiger partial charge on any atom is 0.339 e. The fraction of sp³-hybridized carbons (Fsp3) is 0.500. The highest BCUT2D eigenvalue weighted by atomic mass is 16.5. The van der Waals surface area contributed by atoms with E-state index in [-0.39, 0.29) is 0 Å². The number of likely N-dealkylation sites (tertiary alicyclic amines) is 1. The lowest BCUT2D eigenvalue weighted by atomic mass is 10.1. The molecule has 0 aliphatic carbocycles. The molecule has 104 valence electrons. The second-order valence-corrected chi connectivity index (χ2v) is 4.79. The van der Waals surface area contributed by atoms with Gasteiger partial charge in [-0.05, 0) is 24.1 Å². The number of esters is 1. The molecule has 19 heavy (non-hydrogen) atoms. The Bertz CT molecular complexity index is 462. The van der Waals surface area contributed by atoms with Gasteiger partial charge >= 0.3 is 5.97 Å². The third-order valence-corrected chi connectivity index (χ3v) is 3.49. The minimum atomic E-state index is -0.393. The quantitative estimate of drug-likeness (QED) is 0.655. The summed E-state index contributed by atoms with van der Waals surface area (Å²) in [7, 11) is 3.10. The van der Waals surface area contributed by atoms with E-state index in [9.17, 15) is 4.79 Å². The first-order valence-electron chi connectivity index (χ1n) is 6.36. The van der Waals surface area contributed by atoms with E-state index >= 15 is 0 Å². The van der Waals surface area contributed by atoms with Crippen LogP contribution in [0.4, 0.5) is 5.69 Å². The molecule has 0 spiro atoms. The Hall–Kier alpha value is -1.59. The number of hydrogen-bond donors (Lipinski definition) is 1. The second-order valence-electron chi connectivity index (χ2n) is 4.79. The van der Waals surface area contributed by atoms with Gasteiger partial charge in [0, 0.05) is 32.4 Å². The Labute approximate surface area is 113 Å². The Kier molecular flexibility index (Phi) is 4.39. The summed E-state index contributed by atoms with van der Waals surface area (Å²) in [5.74, 6) is -0.393. The molecule has 1 heterocycles. The van der Waals surface area contributed by atoms with Crippen LogP contribution in [0, 0.1) is 0 Å². The molecule has 0 aromatic heterocycles. The van der Waals surface area contributed by atoms with Crippen LogP contribution in [0.3, 0.4) is 0 Å². The van der Waals surface area contributed by atoms with Gasteiger partial charge < -0.3 is 15.2 Å². The molecule has 0 bridgehead atoms. The predicted octanol–water partition coefficient (Wildman–Crippen LogP) is 1.28. The second kappa shape index (κ2) is 6.04. The number of rotatable bonds is 4. The molecule has 0 unspecified atom stereocenters. The number of methoxy groups -OCH3 is 2. The molecule has 0 radical (unpaired) electrons. The zero-order valence-electron chi connectivity index (χ0n) is 11.4. The van der Waals surface area contributed by atoms with Crippen molar-refractivity contribution in [3.8, 4) is 0 Å². The van der Waals surface area contributed by atoms with E-state index < -0.39 is 5.97 Å². The molecule has 1 aromatic rings. The van der Waals surface area contributed by atoms with Crippen LogP contribution < -0.4 is 5.73 Å². The van der Waals surface area contributed by atoms with Crippen molar-refractivity contribution in [2.45, 2.75) is 19.1 Å². The lowest BCUT2D eigenvalue weighted by Crippen LogP contribution is -2.22. The van der Waals surface area contributed by atoms with Gasteiger partial charge in [-0.3, -0.25) is 4.90 Å². The Morgan fingerprint density at radius 3 is 2.89 bits per heavy atom. The summed E-state index contributed by atoms with van der Waals surface area (Å²) in [6, 6.07) is 5.51. The van der Waals surface area contributed by atoms with Crippen LogP contribution in [0.15, 0.2) is 18.2 Å². The normalized spacial score (nSPS) is 19.6. The van der Waals surface area contributed by atoms with E-state index in [2.05, 4.69) is 4.90 Å². The molecule has 1 atom stereocenters. The zero-order chi connectivity index (χ0) is 13.8. The SMILES string of the molecule is COC(=O)c1cc(CN2CC[C@H](OC)C2)ccc1N. The van der Waals surface area contributed by atoms with Crippen molar-refractivity contribution < 1.29 is 14.3 Å². The Balaban J connectivity index is 2.07. The van der Waals surface area contributed by atoms with Gasteiger partial charge in [-0.1, -0.05) is 6.07 Å². The van der Waals surface area contributed by atoms with Gasteiger partial charge in [0.15, 0.2) is 0 Å². The first-order valence-corrected chi connectivity index (χ1v) is 6.36. The Morgan fingerprint density at radius 2 is 2.26 bits per heavy atom. The van der Waals surface area contributed by atoms with Gasteiger partial charge in [0.1, 0.15) is 0 Å². The molecule has 0 saturated carbocycles. The number of nitrogen functional groups attached to an aromatic ring is 1. The smallest absolute Gasteiger partial charge is 0.339 e. The molecule has 2 rings (SSSR count). The topological polar surface area (TPSA) is 64.8 Å². The minimum Gasteiger partial charge on any atom is -0.465 e. The molecule has 5 nitrogen and oxygen atoms in total.